The van der Waals surface area contributed by atoms with Crippen molar-refractivity contribution in [2.24, 2.45) is 5.92 Å². The van der Waals surface area contributed by atoms with Crippen LogP contribution in [-0.2, 0) is 16.1 Å². The molecule has 2 aliphatic rings. The van der Waals surface area contributed by atoms with Crippen molar-refractivity contribution in [3.63, 3.8) is 0 Å². The number of pyridine rings is 1. The molecule has 3 atom stereocenters. The van der Waals surface area contributed by atoms with Gasteiger partial charge in [0.25, 0.3) is 0 Å². The third-order valence-corrected chi connectivity index (χ3v) is 7.09. The fourth-order valence-corrected chi connectivity index (χ4v) is 5.41. The minimum absolute atomic E-state index is 0.0303. The van der Waals surface area contributed by atoms with Crippen LogP contribution < -0.4 is 16.8 Å². The number of nitrogen functional groups attached to an aromatic ring is 2. The van der Waals surface area contributed by atoms with Gasteiger partial charge in [-0.3, -0.25) is 9.59 Å². The highest BCUT2D eigenvalue weighted by Crippen LogP contribution is 2.48. The predicted octanol–water partition coefficient (Wildman–Crippen LogP) is 2.53. The van der Waals surface area contributed by atoms with Gasteiger partial charge >= 0.3 is 0 Å². The maximum atomic E-state index is 13.6. The molecule has 34 heavy (non-hydrogen) atoms. The van der Waals surface area contributed by atoms with Crippen molar-refractivity contribution in [3.8, 4) is 0 Å². The monoisotopic (exact) mass is 520 g/mol. The molecule has 3 unspecified atom stereocenters. The first-order valence-electron chi connectivity index (χ1n) is 10.9. The van der Waals surface area contributed by atoms with E-state index in [1.807, 2.05) is 16.7 Å². The Bertz CT molecular complexity index is 1480. The van der Waals surface area contributed by atoms with Crippen molar-refractivity contribution < 1.29 is 9.59 Å². The summed E-state index contributed by atoms with van der Waals surface area (Å²) in [5, 5.41) is 4.31. The average Bonchev–Trinajstić information content (AvgIpc) is 3.35. The Labute approximate surface area is 202 Å². The highest BCUT2D eigenvalue weighted by Gasteiger charge is 2.56. The molecule has 6 rings (SSSR count). The first-order valence-corrected chi connectivity index (χ1v) is 11.7. The Kier molecular flexibility index (Phi) is 4.70. The zero-order valence-corrected chi connectivity index (χ0v) is 19.6. The van der Waals surface area contributed by atoms with Crippen molar-refractivity contribution in [2.45, 2.75) is 31.5 Å². The standard InChI is InChI=1S/C23H21BrN8O2/c24-17-2-1-3-18(29-17)30-23(34)16-7-11-6-15(11)32(16)19(33)9-31-14-5-4-12(25)8-13(14)20-21(26)27-10-28-22(20)31/h1-5,8,10-11,15-16H,6-7,9,25H2,(H2,26,27,28)(H,29,30,34). The number of piperidine rings is 1. The molecule has 5 N–H and O–H groups in total. The van der Waals surface area contributed by atoms with E-state index in [4.69, 9.17) is 11.5 Å². The van der Waals surface area contributed by atoms with Crippen LogP contribution in [0.15, 0.2) is 47.3 Å². The van der Waals surface area contributed by atoms with Crippen molar-refractivity contribution in [1.82, 2.24) is 24.4 Å². The van der Waals surface area contributed by atoms with Gasteiger partial charge < -0.3 is 26.3 Å². The second-order valence-electron chi connectivity index (χ2n) is 8.77. The Morgan fingerprint density at radius 1 is 1.15 bits per heavy atom. The molecule has 3 aromatic heterocycles. The van der Waals surface area contributed by atoms with Crippen molar-refractivity contribution in [1.29, 1.82) is 0 Å². The number of likely N-dealkylation sites (tertiary alicyclic amines) is 1. The van der Waals surface area contributed by atoms with E-state index in [9.17, 15) is 9.59 Å². The van der Waals surface area contributed by atoms with E-state index in [1.54, 1.807) is 29.2 Å². The lowest BCUT2D eigenvalue weighted by Crippen LogP contribution is -2.46. The van der Waals surface area contributed by atoms with E-state index in [-0.39, 0.29) is 24.4 Å². The van der Waals surface area contributed by atoms with Crippen LogP contribution in [-0.4, -0.2) is 48.3 Å². The van der Waals surface area contributed by atoms with Gasteiger partial charge in [0.05, 0.1) is 10.9 Å². The van der Waals surface area contributed by atoms with Gasteiger partial charge in [-0.1, -0.05) is 6.07 Å². The summed E-state index contributed by atoms with van der Waals surface area (Å²) in [6.45, 7) is 0.0303. The van der Waals surface area contributed by atoms with E-state index >= 15 is 0 Å². The molecule has 0 spiro atoms. The second-order valence-corrected chi connectivity index (χ2v) is 9.58. The quantitative estimate of drug-likeness (QED) is 0.276. The number of carbonyl (C=O) groups is 2. The zero-order chi connectivity index (χ0) is 23.6. The summed E-state index contributed by atoms with van der Waals surface area (Å²) in [6, 6.07) is 10.3. The predicted molar refractivity (Wildman–Crippen MR) is 132 cm³/mol. The summed E-state index contributed by atoms with van der Waals surface area (Å²) in [7, 11) is 0. The number of rotatable bonds is 4. The fraction of sp³-hybridized carbons (Fsp3) is 0.261. The van der Waals surface area contributed by atoms with Crippen LogP contribution >= 0.6 is 15.9 Å². The van der Waals surface area contributed by atoms with Gasteiger partial charge in [0.2, 0.25) is 11.8 Å². The SMILES string of the molecule is Nc1ccc2c(c1)c1c(N)ncnc1n2CC(=O)N1C(C(=O)Nc2cccc(Br)n2)CC2CC21. The maximum Gasteiger partial charge on any atom is 0.248 e. The molecule has 10 nitrogen and oxygen atoms in total. The number of amides is 2. The zero-order valence-electron chi connectivity index (χ0n) is 18.0. The van der Waals surface area contributed by atoms with Gasteiger partial charge in [-0.2, -0.15) is 0 Å². The van der Waals surface area contributed by atoms with Crippen LogP contribution in [0.3, 0.4) is 0 Å². The lowest BCUT2D eigenvalue weighted by atomic mass is 10.1. The molecule has 0 bridgehead atoms. The number of benzene rings is 1. The van der Waals surface area contributed by atoms with Crippen LogP contribution in [0.25, 0.3) is 21.9 Å². The van der Waals surface area contributed by atoms with Crippen LogP contribution in [0.5, 0.6) is 0 Å². The summed E-state index contributed by atoms with van der Waals surface area (Å²) in [4.78, 5) is 41.2. The Balaban J connectivity index is 1.32. The Hall–Kier alpha value is -3.73. The van der Waals surface area contributed by atoms with Crippen molar-refractivity contribution >= 4 is 67.0 Å². The molecular formula is C23H21BrN8O2. The topological polar surface area (TPSA) is 145 Å². The average molecular weight is 521 g/mol. The number of aromatic nitrogens is 4. The molecule has 2 fully saturated rings. The number of hydrogen-bond donors (Lipinski definition) is 3. The molecule has 1 aliphatic carbocycles. The largest absolute Gasteiger partial charge is 0.399 e. The van der Waals surface area contributed by atoms with Crippen LogP contribution in [0, 0.1) is 5.92 Å². The first kappa shape index (κ1) is 20.8. The number of halogens is 1. The molecule has 4 aromatic rings. The molecular weight excluding hydrogens is 500 g/mol. The van der Waals surface area contributed by atoms with Crippen LogP contribution in [0.4, 0.5) is 17.3 Å². The minimum atomic E-state index is -0.541. The summed E-state index contributed by atoms with van der Waals surface area (Å²) in [6.07, 6.45) is 2.95. The normalized spacial score (nSPS) is 21.1. The van der Waals surface area contributed by atoms with Crippen molar-refractivity contribution in [2.75, 3.05) is 16.8 Å². The second kappa shape index (κ2) is 7.66. The fourth-order valence-electron chi connectivity index (χ4n) is 5.07. The Morgan fingerprint density at radius 2 is 2.00 bits per heavy atom. The van der Waals surface area contributed by atoms with E-state index in [2.05, 4.69) is 36.2 Å². The smallest absolute Gasteiger partial charge is 0.248 e. The number of carbonyl (C=O) groups excluding carboxylic acids is 2. The molecule has 11 heteroatoms. The summed E-state index contributed by atoms with van der Waals surface area (Å²) in [5.74, 6) is 0.757. The minimum Gasteiger partial charge on any atom is -0.399 e. The first-order chi connectivity index (χ1) is 16.4. The van der Waals surface area contributed by atoms with Gasteiger partial charge in [-0.25, -0.2) is 15.0 Å². The molecule has 2 amide bonds. The summed E-state index contributed by atoms with van der Waals surface area (Å²) in [5.41, 5.74) is 14.1. The number of fused-ring (bicyclic) bond motifs is 4. The molecule has 172 valence electrons. The highest BCUT2D eigenvalue weighted by atomic mass is 79.9. The molecule has 0 radical (unpaired) electrons. The van der Waals surface area contributed by atoms with Crippen LogP contribution in [0.2, 0.25) is 0 Å². The summed E-state index contributed by atoms with van der Waals surface area (Å²) < 4.78 is 2.45. The third kappa shape index (κ3) is 3.35. The van der Waals surface area contributed by atoms with Crippen LogP contribution in [0.1, 0.15) is 12.8 Å². The number of nitrogens with one attached hydrogen (secondary N) is 1. The van der Waals surface area contributed by atoms with Gasteiger partial charge in [0.15, 0.2) is 0 Å². The van der Waals surface area contributed by atoms with Gasteiger partial charge in [0, 0.05) is 17.1 Å². The highest BCUT2D eigenvalue weighted by molar-refractivity contribution is 9.10. The molecule has 1 saturated heterocycles. The van der Waals surface area contributed by atoms with Gasteiger partial charge in [-0.05, 0) is 65.0 Å². The van der Waals surface area contributed by atoms with E-state index in [0.717, 1.165) is 17.3 Å². The Morgan fingerprint density at radius 3 is 2.82 bits per heavy atom. The van der Waals surface area contributed by atoms with E-state index in [1.165, 1.54) is 6.33 Å². The number of anilines is 3. The van der Waals surface area contributed by atoms with Gasteiger partial charge in [0.1, 0.15) is 40.8 Å². The summed E-state index contributed by atoms with van der Waals surface area (Å²) >= 11 is 3.31. The molecule has 1 aliphatic heterocycles. The van der Waals surface area contributed by atoms with Crippen molar-refractivity contribution in [3.05, 3.63) is 47.3 Å². The number of nitrogens with zero attached hydrogens (tertiary/aromatic N) is 5. The lowest BCUT2D eigenvalue weighted by Gasteiger charge is -2.27. The van der Waals surface area contributed by atoms with E-state index in [0.29, 0.717) is 45.3 Å². The lowest BCUT2D eigenvalue weighted by molar-refractivity contribution is -0.138. The van der Waals surface area contributed by atoms with Gasteiger partial charge in [-0.15, -0.1) is 0 Å². The van der Waals surface area contributed by atoms with E-state index < -0.39 is 6.04 Å². The number of hydrogen-bond acceptors (Lipinski definition) is 7. The maximum absolute atomic E-state index is 13.6. The number of nitrogens with two attached hydrogens (primary N) is 2. The molecule has 4 heterocycles. The molecule has 1 aromatic carbocycles. The molecule has 1 saturated carbocycles. The third-order valence-electron chi connectivity index (χ3n) is 6.65.